The van der Waals surface area contributed by atoms with E-state index < -0.39 is 0 Å². The van der Waals surface area contributed by atoms with Crippen LogP contribution in [0.25, 0.3) is 0 Å². The van der Waals surface area contributed by atoms with Gasteiger partial charge in [0, 0.05) is 0 Å². The summed E-state index contributed by atoms with van der Waals surface area (Å²) in [7, 11) is 0. The van der Waals surface area contributed by atoms with Crippen molar-refractivity contribution >= 4 is 5.82 Å². The molecule has 78 valence electrons. The molecule has 0 atom stereocenters. The number of nitrogens with zero attached hydrogens (tertiary/aromatic N) is 2. The summed E-state index contributed by atoms with van der Waals surface area (Å²) in [4.78, 5) is 8.10. The summed E-state index contributed by atoms with van der Waals surface area (Å²) in [6, 6.07) is 0. The maximum absolute atomic E-state index is 5.39. The van der Waals surface area contributed by atoms with Gasteiger partial charge in [-0.3, -0.25) is 0 Å². The fourth-order valence-electron chi connectivity index (χ4n) is 1.27. The highest BCUT2D eigenvalue weighted by Crippen LogP contribution is 2.29. The Labute approximate surface area is 83.7 Å². The molecule has 0 aliphatic carbocycles. The molecule has 0 saturated heterocycles. The molecule has 14 heavy (non-hydrogen) atoms. The van der Waals surface area contributed by atoms with Crippen LogP contribution in [0.3, 0.4) is 0 Å². The normalized spacial score (nSPS) is 10.4. The highest BCUT2D eigenvalue weighted by Gasteiger charge is 2.14. The van der Waals surface area contributed by atoms with Gasteiger partial charge in [0.25, 0.3) is 0 Å². The van der Waals surface area contributed by atoms with Gasteiger partial charge < -0.3 is 10.2 Å². The van der Waals surface area contributed by atoms with Gasteiger partial charge in [-0.2, -0.15) is 0 Å². The zero-order valence-corrected chi connectivity index (χ0v) is 8.74. The number of anilines is 1. The maximum atomic E-state index is 5.39. The average molecular weight is 196 g/mol. The predicted molar refractivity (Wildman–Crippen MR) is 55.1 cm³/mol. The Morgan fingerprint density at radius 3 is 2.71 bits per heavy atom. The van der Waals surface area contributed by atoms with Crippen molar-refractivity contribution in [2.45, 2.75) is 26.7 Å². The van der Waals surface area contributed by atoms with Gasteiger partial charge in [-0.15, -0.1) is 0 Å². The summed E-state index contributed by atoms with van der Waals surface area (Å²) >= 11 is 0. The van der Waals surface area contributed by atoms with E-state index in [1.54, 1.807) is 0 Å². The van der Waals surface area contributed by atoms with Crippen LogP contribution < -0.4 is 16.0 Å². The zero-order valence-electron chi connectivity index (χ0n) is 8.74. The van der Waals surface area contributed by atoms with E-state index in [0.717, 1.165) is 5.56 Å². The van der Waals surface area contributed by atoms with Gasteiger partial charge in [-0.1, -0.05) is 13.8 Å². The van der Waals surface area contributed by atoms with Crippen molar-refractivity contribution in [3.05, 3.63) is 11.9 Å². The predicted octanol–water partition coefficient (Wildman–Crippen LogP) is 1.28. The number of rotatable bonds is 4. The number of hydrazine groups is 1. The van der Waals surface area contributed by atoms with E-state index in [4.69, 9.17) is 10.6 Å². The van der Waals surface area contributed by atoms with Gasteiger partial charge in [0.05, 0.1) is 12.2 Å². The van der Waals surface area contributed by atoms with E-state index >= 15 is 0 Å². The van der Waals surface area contributed by atoms with Crippen LogP contribution in [-0.4, -0.2) is 16.6 Å². The van der Waals surface area contributed by atoms with E-state index in [1.165, 1.54) is 6.33 Å². The van der Waals surface area contributed by atoms with Crippen LogP contribution in [0, 0.1) is 0 Å². The van der Waals surface area contributed by atoms with Crippen molar-refractivity contribution in [2.24, 2.45) is 5.84 Å². The van der Waals surface area contributed by atoms with Crippen LogP contribution >= 0.6 is 0 Å². The van der Waals surface area contributed by atoms with Gasteiger partial charge in [0.15, 0.2) is 5.82 Å². The Balaban J connectivity index is 3.14. The highest BCUT2D eigenvalue weighted by molar-refractivity contribution is 5.49. The van der Waals surface area contributed by atoms with E-state index in [0.29, 0.717) is 18.3 Å². The Bertz CT molecular complexity index is 301. The molecular weight excluding hydrogens is 180 g/mol. The number of hydrogen-bond donors (Lipinski definition) is 2. The fourth-order valence-corrected chi connectivity index (χ4v) is 1.27. The van der Waals surface area contributed by atoms with Gasteiger partial charge >= 0.3 is 0 Å². The maximum Gasteiger partial charge on any atom is 0.222 e. The molecule has 0 saturated carbocycles. The molecule has 0 spiro atoms. The lowest BCUT2D eigenvalue weighted by Crippen LogP contribution is -2.13. The lowest BCUT2D eigenvalue weighted by Gasteiger charge is -2.14. The standard InChI is InChI=1S/C9H16N4O/c1-4-14-9-7(6(2)3)8(13-10)11-5-12-9/h5-6H,4,10H2,1-3H3,(H,11,12,13). The Kier molecular flexibility index (Phi) is 3.64. The second kappa shape index (κ2) is 4.76. The third kappa shape index (κ3) is 2.11. The molecule has 3 N–H and O–H groups in total. The number of nitrogens with one attached hydrogen (secondary N) is 1. The summed E-state index contributed by atoms with van der Waals surface area (Å²) in [6.07, 6.45) is 1.44. The summed E-state index contributed by atoms with van der Waals surface area (Å²) in [5.41, 5.74) is 3.46. The van der Waals surface area contributed by atoms with Crippen LogP contribution in [-0.2, 0) is 0 Å². The van der Waals surface area contributed by atoms with E-state index in [2.05, 4.69) is 15.4 Å². The minimum atomic E-state index is 0.267. The number of aromatic nitrogens is 2. The highest BCUT2D eigenvalue weighted by atomic mass is 16.5. The lowest BCUT2D eigenvalue weighted by atomic mass is 10.1. The topological polar surface area (TPSA) is 73.1 Å². The van der Waals surface area contributed by atoms with Crippen molar-refractivity contribution in [1.82, 2.24) is 9.97 Å². The molecule has 0 aliphatic heterocycles. The molecule has 0 aliphatic rings. The van der Waals surface area contributed by atoms with E-state index in [-0.39, 0.29) is 5.92 Å². The van der Waals surface area contributed by atoms with Gasteiger partial charge in [-0.25, -0.2) is 15.8 Å². The van der Waals surface area contributed by atoms with Crippen molar-refractivity contribution < 1.29 is 4.74 Å². The lowest BCUT2D eigenvalue weighted by molar-refractivity contribution is 0.321. The van der Waals surface area contributed by atoms with E-state index in [1.807, 2.05) is 20.8 Å². The quantitative estimate of drug-likeness (QED) is 0.560. The molecule has 0 unspecified atom stereocenters. The second-order valence-corrected chi connectivity index (χ2v) is 3.17. The second-order valence-electron chi connectivity index (χ2n) is 3.17. The molecule has 1 rings (SSSR count). The number of ether oxygens (including phenoxy) is 1. The first-order valence-electron chi connectivity index (χ1n) is 4.65. The Morgan fingerprint density at radius 1 is 1.50 bits per heavy atom. The van der Waals surface area contributed by atoms with Crippen molar-refractivity contribution in [1.29, 1.82) is 0 Å². The first kappa shape index (κ1) is 10.7. The summed E-state index contributed by atoms with van der Waals surface area (Å²) in [5.74, 6) is 6.85. The first-order valence-corrected chi connectivity index (χ1v) is 4.65. The first-order chi connectivity index (χ1) is 6.70. The molecule has 1 aromatic rings. The largest absolute Gasteiger partial charge is 0.478 e. The van der Waals surface area contributed by atoms with Gasteiger partial charge in [-0.05, 0) is 12.8 Å². The van der Waals surface area contributed by atoms with E-state index in [9.17, 15) is 0 Å². The molecule has 0 bridgehead atoms. The zero-order chi connectivity index (χ0) is 10.6. The SMILES string of the molecule is CCOc1ncnc(NN)c1C(C)C. The van der Waals surface area contributed by atoms with Crippen LogP contribution in [0.5, 0.6) is 5.88 Å². The minimum absolute atomic E-state index is 0.267. The van der Waals surface area contributed by atoms with Crippen LogP contribution in [0.4, 0.5) is 5.82 Å². The number of nitrogens with two attached hydrogens (primary N) is 1. The van der Waals surface area contributed by atoms with Crippen LogP contribution in [0.2, 0.25) is 0 Å². The Morgan fingerprint density at radius 2 is 2.21 bits per heavy atom. The molecular formula is C9H16N4O. The van der Waals surface area contributed by atoms with Crippen LogP contribution in [0.1, 0.15) is 32.3 Å². The molecule has 0 aromatic carbocycles. The summed E-state index contributed by atoms with van der Waals surface area (Å²) in [5, 5.41) is 0. The summed E-state index contributed by atoms with van der Waals surface area (Å²) in [6.45, 7) is 6.59. The molecule has 0 radical (unpaired) electrons. The fraction of sp³-hybridized carbons (Fsp3) is 0.556. The van der Waals surface area contributed by atoms with Gasteiger partial charge in [0.2, 0.25) is 5.88 Å². The monoisotopic (exact) mass is 196 g/mol. The molecule has 0 amide bonds. The number of hydrogen-bond acceptors (Lipinski definition) is 5. The van der Waals surface area contributed by atoms with Crippen molar-refractivity contribution in [3.8, 4) is 5.88 Å². The molecule has 1 aromatic heterocycles. The summed E-state index contributed by atoms with van der Waals surface area (Å²) < 4.78 is 5.39. The third-order valence-electron chi connectivity index (χ3n) is 1.84. The molecule has 0 fully saturated rings. The number of nitrogen functional groups attached to an aromatic ring is 1. The molecule has 5 heteroatoms. The van der Waals surface area contributed by atoms with Gasteiger partial charge in [0.1, 0.15) is 6.33 Å². The van der Waals surface area contributed by atoms with Crippen LogP contribution in [0.15, 0.2) is 6.33 Å². The third-order valence-corrected chi connectivity index (χ3v) is 1.84. The minimum Gasteiger partial charge on any atom is -0.478 e. The molecule has 1 heterocycles. The smallest absolute Gasteiger partial charge is 0.222 e. The molecule has 5 nitrogen and oxygen atoms in total. The average Bonchev–Trinajstić information content (AvgIpc) is 2.17. The van der Waals surface area contributed by atoms with Crippen molar-refractivity contribution in [3.63, 3.8) is 0 Å². The van der Waals surface area contributed by atoms with Crippen molar-refractivity contribution in [2.75, 3.05) is 12.0 Å². The Hall–Kier alpha value is -1.36.